The Kier molecular flexibility index (Phi) is 6.01. The molecule has 102 valence electrons. The zero-order valence-corrected chi connectivity index (χ0v) is 12.0. The Morgan fingerprint density at radius 2 is 2.17 bits per heavy atom. The lowest BCUT2D eigenvalue weighted by molar-refractivity contribution is 0.135. The van der Waals surface area contributed by atoms with Crippen LogP contribution < -0.4 is 0 Å². The third-order valence-electron chi connectivity index (χ3n) is 2.38. The third kappa shape index (κ3) is 3.65. The van der Waals surface area contributed by atoms with Gasteiger partial charge in [-0.05, 0) is 19.1 Å². The molecule has 0 spiro atoms. The monoisotopic (exact) mass is 292 g/mol. The van der Waals surface area contributed by atoms with Gasteiger partial charge in [-0.2, -0.15) is 4.31 Å². The molecule has 0 atom stereocenters. The van der Waals surface area contributed by atoms with Crippen LogP contribution in [-0.4, -0.2) is 44.0 Å². The van der Waals surface area contributed by atoms with Crippen LogP contribution in [-0.2, 0) is 14.8 Å². The van der Waals surface area contributed by atoms with Crippen molar-refractivity contribution in [3.05, 3.63) is 23.5 Å². The summed E-state index contributed by atoms with van der Waals surface area (Å²) < 4.78 is 31.1. The first-order valence-corrected chi connectivity index (χ1v) is 7.54. The standard InChI is InChI=1S/C11H17ClN2O3S/c1-3-14(8-9-17-4-2)18(15,16)10-6-5-7-13-11(10)12/h5-7H,3-4,8-9H2,1-2H3. The van der Waals surface area contributed by atoms with Crippen molar-refractivity contribution >= 4 is 21.6 Å². The van der Waals surface area contributed by atoms with Gasteiger partial charge in [0.2, 0.25) is 10.0 Å². The molecule has 0 bridgehead atoms. The average molecular weight is 293 g/mol. The first-order chi connectivity index (χ1) is 8.54. The molecule has 1 aromatic rings. The largest absolute Gasteiger partial charge is 0.380 e. The molecule has 7 heteroatoms. The van der Waals surface area contributed by atoms with Crippen molar-refractivity contribution in [3.8, 4) is 0 Å². The van der Waals surface area contributed by atoms with E-state index in [-0.39, 0.29) is 10.0 Å². The van der Waals surface area contributed by atoms with Crippen LogP contribution in [0.15, 0.2) is 23.2 Å². The molecule has 18 heavy (non-hydrogen) atoms. The van der Waals surface area contributed by atoms with E-state index >= 15 is 0 Å². The van der Waals surface area contributed by atoms with E-state index < -0.39 is 10.0 Å². The van der Waals surface area contributed by atoms with E-state index in [9.17, 15) is 8.42 Å². The van der Waals surface area contributed by atoms with E-state index in [0.717, 1.165) is 0 Å². The highest BCUT2D eigenvalue weighted by molar-refractivity contribution is 7.89. The lowest BCUT2D eigenvalue weighted by Gasteiger charge is -2.20. The van der Waals surface area contributed by atoms with E-state index in [1.807, 2.05) is 6.92 Å². The summed E-state index contributed by atoms with van der Waals surface area (Å²) in [6.45, 7) is 5.22. The molecule has 1 rings (SSSR count). The Morgan fingerprint density at radius 3 is 2.72 bits per heavy atom. The van der Waals surface area contributed by atoms with Crippen molar-refractivity contribution in [1.29, 1.82) is 0 Å². The summed E-state index contributed by atoms with van der Waals surface area (Å²) in [5.74, 6) is 0. The van der Waals surface area contributed by atoms with Gasteiger partial charge in [-0.15, -0.1) is 0 Å². The molecule has 0 fully saturated rings. The predicted molar refractivity (Wildman–Crippen MR) is 70.2 cm³/mol. The Morgan fingerprint density at radius 1 is 1.44 bits per heavy atom. The summed E-state index contributed by atoms with van der Waals surface area (Å²) in [6.07, 6.45) is 1.46. The quantitative estimate of drug-likeness (QED) is 0.568. The van der Waals surface area contributed by atoms with Gasteiger partial charge in [0, 0.05) is 25.9 Å². The highest BCUT2D eigenvalue weighted by Gasteiger charge is 2.25. The van der Waals surface area contributed by atoms with Gasteiger partial charge in [0.05, 0.1) is 6.61 Å². The van der Waals surface area contributed by atoms with Gasteiger partial charge in [0.15, 0.2) is 0 Å². The van der Waals surface area contributed by atoms with Gasteiger partial charge < -0.3 is 4.74 Å². The zero-order chi connectivity index (χ0) is 13.6. The van der Waals surface area contributed by atoms with Crippen molar-refractivity contribution in [3.63, 3.8) is 0 Å². The second-order valence-corrected chi connectivity index (χ2v) is 5.75. The van der Waals surface area contributed by atoms with Crippen LogP contribution in [0.4, 0.5) is 0 Å². The molecule has 0 unspecified atom stereocenters. The minimum Gasteiger partial charge on any atom is -0.380 e. The van der Waals surface area contributed by atoms with Crippen LogP contribution in [0.3, 0.4) is 0 Å². The number of aromatic nitrogens is 1. The molecule has 0 amide bonds. The van der Waals surface area contributed by atoms with Crippen molar-refractivity contribution in [2.45, 2.75) is 18.7 Å². The van der Waals surface area contributed by atoms with Gasteiger partial charge in [-0.3, -0.25) is 0 Å². The van der Waals surface area contributed by atoms with Crippen LogP contribution in [0.5, 0.6) is 0 Å². The second-order valence-electron chi connectivity index (χ2n) is 3.49. The van der Waals surface area contributed by atoms with Gasteiger partial charge >= 0.3 is 0 Å². The number of hydrogen-bond donors (Lipinski definition) is 0. The number of halogens is 1. The molecule has 1 aromatic heterocycles. The normalized spacial score (nSPS) is 12.0. The van der Waals surface area contributed by atoms with Crippen LogP contribution >= 0.6 is 11.6 Å². The lowest BCUT2D eigenvalue weighted by Crippen LogP contribution is -2.34. The number of ether oxygens (including phenoxy) is 1. The molecule has 0 N–H and O–H groups in total. The highest BCUT2D eigenvalue weighted by atomic mass is 35.5. The molecular weight excluding hydrogens is 276 g/mol. The van der Waals surface area contributed by atoms with Crippen LogP contribution in [0.2, 0.25) is 5.15 Å². The summed E-state index contributed by atoms with van der Waals surface area (Å²) in [4.78, 5) is 3.82. The van der Waals surface area contributed by atoms with Crippen molar-refractivity contribution < 1.29 is 13.2 Å². The number of likely N-dealkylation sites (N-methyl/N-ethyl adjacent to an activating group) is 1. The van der Waals surface area contributed by atoms with Gasteiger partial charge in [-0.25, -0.2) is 13.4 Å². The molecule has 0 saturated heterocycles. The van der Waals surface area contributed by atoms with Crippen LogP contribution in [0.1, 0.15) is 13.8 Å². The maximum absolute atomic E-state index is 12.3. The fourth-order valence-corrected chi connectivity index (χ4v) is 3.32. The summed E-state index contributed by atoms with van der Waals surface area (Å²) in [5.41, 5.74) is 0. The molecule has 5 nitrogen and oxygen atoms in total. The van der Waals surface area contributed by atoms with Crippen LogP contribution in [0, 0.1) is 0 Å². The minimum atomic E-state index is -3.60. The second kappa shape index (κ2) is 7.04. The summed E-state index contributed by atoms with van der Waals surface area (Å²) in [6, 6.07) is 3.00. The number of rotatable bonds is 7. The van der Waals surface area contributed by atoms with Gasteiger partial charge in [0.25, 0.3) is 0 Å². The van der Waals surface area contributed by atoms with Gasteiger partial charge in [0.1, 0.15) is 10.0 Å². The van der Waals surface area contributed by atoms with Crippen molar-refractivity contribution in [2.24, 2.45) is 0 Å². The minimum absolute atomic E-state index is 0.00707. The summed E-state index contributed by atoms with van der Waals surface area (Å²) >= 11 is 5.82. The molecule has 0 aliphatic heterocycles. The molecule has 0 aliphatic carbocycles. The molecule has 1 heterocycles. The Labute approximate surface area is 113 Å². The number of pyridine rings is 1. The third-order valence-corrected chi connectivity index (χ3v) is 4.80. The lowest BCUT2D eigenvalue weighted by atomic mass is 10.5. The van der Waals surface area contributed by atoms with E-state index in [1.165, 1.54) is 16.6 Å². The molecule has 0 aliphatic rings. The Hall–Kier alpha value is -0.690. The predicted octanol–water partition coefficient (Wildman–Crippen LogP) is 1.78. The highest BCUT2D eigenvalue weighted by Crippen LogP contribution is 2.21. The van der Waals surface area contributed by atoms with E-state index in [1.54, 1.807) is 13.0 Å². The maximum Gasteiger partial charge on any atom is 0.246 e. The number of hydrogen-bond acceptors (Lipinski definition) is 4. The smallest absolute Gasteiger partial charge is 0.246 e. The van der Waals surface area contributed by atoms with Crippen LogP contribution in [0.25, 0.3) is 0 Å². The average Bonchev–Trinajstić information content (AvgIpc) is 2.34. The Bertz CT molecular complexity index is 479. The van der Waals surface area contributed by atoms with E-state index in [4.69, 9.17) is 16.3 Å². The topological polar surface area (TPSA) is 59.5 Å². The fraction of sp³-hybridized carbons (Fsp3) is 0.545. The summed E-state index contributed by atoms with van der Waals surface area (Å²) in [5, 5.41) is -0.00707. The first kappa shape index (κ1) is 15.4. The fourth-order valence-electron chi connectivity index (χ4n) is 1.46. The zero-order valence-electron chi connectivity index (χ0n) is 10.5. The SMILES string of the molecule is CCOCCN(CC)S(=O)(=O)c1cccnc1Cl. The molecule has 0 radical (unpaired) electrons. The van der Waals surface area contributed by atoms with Gasteiger partial charge in [-0.1, -0.05) is 18.5 Å². The van der Waals surface area contributed by atoms with Crippen molar-refractivity contribution in [1.82, 2.24) is 9.29 Å². The molecular formula is C11H17ClN2O3S. The maximum atomic E-state index is 12.3. The van der Waals surface area contributed by atoms with E-state index in [2.05, 4.69) is 4.98 Å². The molecule has 0 aromatic carbocycles. The number of sulfonamides is 1. The van der Waals surface area contributed by atoms with E-state index in [0.29, 0.717) is 26.3 Å². The summed E-state index contributed by atoms with van der Waals surface area (Å²) in [7, 11) is -3.60. The van der Waals surface area contributed by atoms with Crippen molar-refractivity contribution in [2.75, 3.05) is 26.3 Å². The number of nitrogens with zero attached hydrogens (tertiary/aromatic N) is 2. The first-order valence-electron chi connectivity index (χ1n) is 5.72. The Balaban J connectivity index is 2.93. The molecule has 0 saturated carbocycles.